The van der Waals surface area contributed by atoms with E-state index in [0.717, 1.165) is 37.5 Å². The summed E-state index contributed by atoms with van der Waals surface area (Å²) < 4.78 is 5.41. The lowest BCUT2D eigenvalue weighted by Gasteiger charge is -2.23. The third-order valence-corrected chi connectivity index (χ3v) is 3.91. The number of rotatable bonds is 9. The van der Waals surface area contributed by atoms with Gasteiger partial charge in [-0.1, -0.05) is 60.7 Å². The van der Waals surface area contributed by atoms with Crippen LogP contribution in [0.15, 0.2) is 60.7 Å². The summed E-state index contributed by atoms with van der Waals surface area (Å²) in [5.41, 5.74) is 2.47. The number of hydrogen-bond donors (Lipinski definition) is 0. The van der Waals surface area contributed by atoms with Gasteiger partial charge in [-0.05, 0) is 25.7 Å². The maximum atomic E-state index is 5.41. The van der Waals surface area contributed by atoms with Gasteiger partial charge < -0.3 is 9.64 Å². The summed E-state index contributed by atoms with van der Waals surface area (Å²) in [6.07, 6.45) is 4.36. The molecule has 2 aromatic rings. The molecule has 0 fully saturated rings. The lowest BCUT2D eigenvalue weighted by Crippen LogP contribution is -2.31. The molecule has 0 aliphatic heterocycles. The second-order valence-corrected chi connectivity index (χ2v) is 6.17. The number of likely N-dealkylation sites (N-methyl/N-ethyl adjacent to an activating group) is 1. The van der Waals surface area contributed by atoms with Crippen molar-refractivity contribution < 1.29 is 4.74 Å². The Hall–Kier alpha value is -2.10. The van der Waals surface area contributed by atoms with E-state index in [1.807, 2.05) is 18.2 Å². The van der Waals surface area contributed by atoms with Crippen LogP contribution in [0.5, 0.6) is 5.75 Å². The highest BCUT2D eigenvalue weighted by Crippen LogP contribution is 2.18. The van der Waals surface area contributed by atoms with Crippen LogP contribution in [0.1, 0.15) is 11.1 Å². The maximum absolute atomic E-state index is 5.41. The molecule has 0 radical (unpaired) electrons. The first-order valence-electron chi connectivity index (χ1n) is 8.39. The molecule has 24 heavy (non-hydrogen) atoms. The molecule has 0 saturated carbocycles. The molecular weight excluding hydrogens is 296 g/mol. The highest BCUT2D eigenvalue weighted by molar-refractivity contribution is 5.57. The van der Waals surface area contributed by atoms with E-state index in [-0.39, 0.29) is 0 Å². The molecule has 0 unspecified atom stereocenters. The smallest absolute Gasteiger partial charge is 0.126 e. The van der Waals surface area contributed by atoms with Gasteiger partial charge in [-0.25, -0.2) is 0 Å². The Bertz CT molecular complexity index is 623. The van der Waals surface area contributed by atoms with Gasteiger partial charge in [0.15, 0.2) is 0 Å². The molecular formula is C21H28N2O. The van der Waals surface area contributed by atoms with Crippen molar-refractivity contribution in [1.82, 2.24) is 9.80 Å². The predicted molar refractivity (Wildman–Crippen MR) is 102 cm³/mol. The molecule has 128 valence electrons. The minimum absolute atomic E-state index is 0.914. The molecule has 0 saturated heterocycles. The van der Waals surface area contributed by atoms with Gasteiger partial charge in [-0.15, -0.1) is 0 Å². The molecule has 0 heterocycles. The van der Waals surface area contributed by atoms with Crippen molar-refractivity contribution in [3.8, 4) is 5.75 Å². The highest BCUT2D eigenvalue weighted by Gasteiger charge is 2.05. The van der Waals surface area contributed by atoms with Crippen LogP contribution in [0.25, 0.3) is 6.08 Å². The van der Waals surface area contributed by atoms with Crippen LogP contribution < -0.4 is 4.74 Å². The first-order chi connectivity index (χ1) is 11.7. The molecule has 2 aromatic carbocycles. The molecule has 0 aliphatic rings. The summed E-state index contributed by atoms with van der Waals surface area (Å²) in [6, 6.07) is 18.7. The lowest BCUT2D eigenvalue weighted by molar-refractivity contribution is 0.254. The summed E-state index contributed by atoms with van der Waals surface area (Å²) in [7, 11) is 5.95. The van der Waals surface area contributed by atoms with Gasteiger partial charge >= 0.3 is 0 Å². The van der Waals surface area contributed by atoms with Crippen LogP contribution in [0, 0.1) is 0 Å². The fraction of sp³-hybridized carbons (Fsp3) is 0.333. The molecule has 0 bridgehead atoms. The van der Waals surface area contributed by atoms with Crippen LogP contribution in [-0.4, -0.2) is 50.6 Å². The summed E-state index contributed by atoms with van der Waals surface area (Å²) in [4.78, 5) is 4.68. The Morgan fingerprint density at radius 1 is 0.917 bits per heavy atom. The molecule has 3 heteroatoms. The third-order valence-electron chi connectivity index (χ3n) is 3.91. The Labute approximate surface area is 146 Å². The van der Waals surface area contributed by atoms with Crippen LogP contribution in [-0.2, 0) is 6.54 Å². The van der Waals surface area contributed by atoms with Crippen molar-refractivity contribution in [2.75, 3.05) is 40.8 Å². The van der Waals surface area contributed by atoms with E-state index < -0.39 is 0 Å². The van der Waals surface area contributed by atoms with Crippen molar-refractivity contribution in [2.45, 2.75) is 6.54 Å². The van der Waals surface area contributed by atoms with E-state index in [1.54, 1.807) is 7.11 Å². The molecule has 0 aliphatic carbocycles. The first kappa shape index (κ1) is 18.2. The number of methoxy groups -OCH3 is 1. The first-order valence-corrected chi connectivity index (χ1v) is 8.39. The fourth-order valence-electron chi connectivity index (χ4n) is 2.55. The monoisotopic (exact) mass is 324 g/mol. The second-order valence-electron chi connectivity index (χ2n) is 6.17. The molecule has 3 nitrogen and oxygen atoms in total. The quantitative estimate of drug-likeness (QED) is 0.698. The van der Waals surface area contributed by atoms with Gasteiger partial charge in [0, 0.05) is 31.7 Å². The van der Waals surface area contributed by atoms with E-state index in [1.165, 1.54) is 5.56 Å². The summed E-state index contributed by atoms with van der Waals surface area (Å²) in [5.74, 6) is 0.914. The molecule has 0 amide bonds. The normalized spacial score (nSPS) is 11.5. The van der Waals surface area contributed by atoms with E-state index >= 15 is 0 Å². The van der Waals surface area contributed by atoms with Crippen LogP contribution in [0.4, 0.5) is 0 Å². The number of nitrogens with zero attached hydrogens (tertiary/aromatic N) is 2. The Balaban J connectivity index is 2.00. The Kier molecular flexibility index (Phi) is 7.53. The number of hydrogen-bond acceptors (Lipinski definition) is 3. The largest absolute Gasteiger partial charge is 0.496 e. The van der Waals surface area contributed by atoms with Crippen molar-refractivity contribution >= 4 is 6.08 Å². The maximum Gasteiger partial charge on any atom is 0.126 e. The lowest BCUT2D eigenvalue weighted by atomic mass is 10.2. The zero-order chi connectivity index (χ0) is 17.2. The number of ether oxygens (including phenoxy) is 1. The summed E-state index contributed by atoms with van der Waals surface area (Å²) in [5, 5.41) is 0. The molecule has 0 N–H and O–H groups in total. The van der Waals surface area contributed by atoms with Crippen LogP contribution in [0.3, 0.4) is 0 Å². The predicted octanol–water partition coefficient (Wildman–Crippen LogP) is 3.77. The fourth-order valence-corrected chi connectivity index (χ4v) is 2.55. The molecule has 0 spiro atoms. The van der Waals surface area contributed by atoms with E-state index in [0.29, 0.717) is 0 Å². The standard InChI is InChI=1S/C21H28N2O/c1-22(2)16-17-23(18-19-10-5-4-6-11-19)15-9-13-20-12-7-8-14-21(20)24-3/h4-14H,15-18H2,1-3H3/b13-9+. The zero-order valence-corrected chi connectivity index (χ0v) is 15.0. The van der Waals surface area contributed by atoms with Crippen LogP contribution in [0.2, 0.25) is 0 Å². The van der Waals surface area contributed by atoms with Gasteiger partial charge in [0.1, 0.15) is 5.75 Å². The Morgan fingerprint density at radius 3 is 2.33 bits per heavy atom. The second kappa shape index (κ2) is 9.91. The van der Waals surface area contributed by atoms with Gasteiger partial charge in [-0.3, -0.25) is 4.90 Å². The molecule has 0 aromatic heterocycles. The van der Waals surface area contributed by atoms with E-state index in [9.17, 15) is 0 Å². The average Bonchev–Trinajstić information content (AvgIpc) is 2.60. The van der Waals surface area contributed by atoms with Crippen molar-refractivity contribution in [1.29, 1.82) is 0 Å². The van der Waals surface area contributed by atoms with Gasteiger partial charge in [0.25, 0.3) is 0 Å². The van der Waals surface area contributed by atoms with Gasteiger partial charge in [0.05, 0.1) is 7.11 Å². The SMILES string of the molecule is COc1ccccc1/C=C/CN(CCN(C)C)Cc1ccccc1. The number of benzene rings is 2. The van der Waals surface area contributed by atoms with Crippen molar-refractivity contribution in [2.24, 2.45) is 0 Å². The third kappa shape index (κ3) is 6.19. The van der Waals surface area contributed by atoms with Gasteiger partial charge in [0.2, 0.25) is 0 Å². The van der Waals surface area contributed by atoms with Crippen molar-refractivity contribution in [3.63, 3.8) is 0 Å². The molecule has 0 atom stereocenters. The van der Waals surface area contributed by atoms with Crippen molar-refractivity contribution in [3.05, 3.63) is 71.8 Å². The minimum Gasteiger partial charge on any atom is -0.496 e. The average molecular weight is 324 g/mol. The summed E-state index contributed by atoms with van der Waals surface area (Å²) >= 11 is 0. The molecule has 2 rings (SSSR count). The highest BCUT2D eigenvalue weighted by atomic mass is 16.5. The van der Waals surface area contributed by atoms with E-state index in [2.05, 4.69) is 72.4 Å². The van der Waals surface area contributed by atoms with Crippen LogP contribution >= 0.6 is 0 Å². The summed E-state index contributed by atoms with van der Waals surface area (Å²) in [6.45, 7) is 3.97. The van der Waals surface area contributed by atoms with Gasteiger partial charge in [-0.2, -0.15) is 0 Å². The minimum atomic E-state index is 0.914. The zero-order valence-electron chi connectivity index (χ0n) is 15.0. The number of para-hydroxylation sites is 1. The van der Waals surface area contributed by atoms with E-state index in [4.69, 9.17) is 4.74 Å². The Morgan fingerprint density at radius 2 is 1.62 bits per heavy atom. The topological polar surface area (TPSA) is 15.7 Å².